The van der Waals surface area contributed by atoms with Crippen molar-refractivity contribution in [1.29, 1.82) is 0 Å². The summed E-state index contributed by atoms with van der Waals surface area (Å²) in [5, 5.41) is 7.72. The van der Waals surface area contributed by atoms with E-state index in [0.717, 1.165) is 48.7 Å². The first-order valence-corrected chi connectivity index (χ1v) is 11.1. The topological polar surface area (TPSA) is 88.9 Å². The number of nitrogens with one attached hydrogen (secondary N) is 2. The first-order valence-electron chi connectivity index (χ1n) is 9.64. The van der Waals surface area contributed by atoms with Gasteiger partial charge in [-0.1, -0.05) is 17.7 Å². The number of aryl methyl sites for hydroxylation is 1. The molecule has 7 nitrogen and oxygen atoms in total. The molecule has 0 bridgehead atoms. The smallest absolute Gasteiger partial charge is 0.269 e. The van der Waals surface area contributed by atoms with Crippen molar-refractivity contribution in [3.63, 3.8) is 0 Å². The highest BCUT2D eigenvalue weighted by molar-refractivity contribution is 7.90. The average molecular weight is 398 g/mol. The second-order valence-corrected chi connectivity index (χ2v) is 9.70. The summed E-state index contributed by atoms with van der Waals surface area (Å²) in [6, 6.07) is 9.00. The van der Waals surface area contributed by atoms with E-state index in [-0.39, 0.29) is 4.90 Å². The van der Waals surface area contributed by atoms with Crippen LogP contribution in [-0.4, -0.2) is 41.5 Å². The van der Waals surface area contributed by atoms with Gasteiger partial charge in [-0.15, -0.1) is 0 Å². The first-order chi connectivity index (χ1) is 13.5. The van der Waals surface area contributed by atoms with Gasteiger partial charge in [0, 0.05) is 12.2 Å². The van der Waals surface area contributed by atoms with Crippen molar-refractivity contribution in [2.75, 3.05) is 18.4 Å². The standard InChI is InChI=1S/C20H23N5O2S/c1-13-2-4-17(5-3-13)28(26,27)25-7-6-18-19(22-12-23-20(18)25)24-16-8-14-10-21-11-15(14)9-16/h2-7,12,14-16,21H,8-11H2,1H3,(H,22,23,24)/t14-,15+,16?. The molecule has 1 aliphatic carbocycles. The van der Waals surface area contributed by atoms with Crippen LogP contribution in [0, 0.1) is 18.8 Å². The van der Waals surface area contributed by atoms with Crippen LogP contribution in [0.1, 0.15) is 18.4 Å². The van der Waals surface area contributed by atoms with Gasteiger partial charge in [-0.05, 0) is 62.9 Å². The highest BCUT2D eigenvalue weighted by Gasteiger charge is 2.37. The maximum Gasteiger partial charge on any atom is 0.269 e. The van der Waals surface area contributed by atoms with Crippen molar-refractivity contribution >= 4 is 26.9 Å². The number of hydrogen-bond donors (Lipinski definition) is 2. The second kappa shape index (κ2) is 6.56. The Kier molecular flexibility index (Phi) is 4.13. The molecule has 0 amide bonds. The zero-order valence-corrected chi connectivity index (χ0v) is 16.5. The predicted molar refractivity (Wildman–Crippen MR) is 108 cm³/mol. The molecule has 1 unspecified atom stereocenters. The summed E-state index contributed by atoms with van der Waals surface area (Å²) < 4.78 is 27.4. The minimum Gasteiger partial charge on any atom is -0.367 e. The monoisotopic (exact) mass is 397 g/mol. The lowest BCUT2D eigenvalue weighted by molar-refractivity contribution is 0.494. The SMILES string of the molecule is Cc1ccc(S(=O)(=O)n2ccc3c(NC4C[C@H]5CNC[C@H]5C4)ncnc32)cc1. The summed E-state index contributed by atoms with van der Waals surface area (Å²) in [7, 11) is -3.71. The van der Waals surface area contributed by atoms with Crippen LogP contribution >= 0.6 is 0 Å². The van der Waals surface area contributed by atoms with Crippen LogP contribution in [0.5, 0.6) is 0 Å². The fourth-order valence-electron chi connectivity index (χ4n) is 4.54. The van der Waals surface area contributed by atoms with E-state index in [2.05, 4.69) is 20.6 Å². The number of rotatable bonds is 4. The lowest BCUT2D eigenvalue weighted by Gasteiger charge is -2.15. The van der Waals surface area contributed by atoms with E-state index < -0.39 is 10.0 Å². The molecule has 1 saturated carbocycles. The lowest BCUT2D eigenvalue weighted by atomic mass is 10.0. The van der Waals surface area contributed by atoms with Crippen molar-refractivity contribution < 1.29 is 8.42 Å². The number of nitrogens with zero attached hydrogens (tertiary/aromatic N) is 3. The largest absolute Gasteiger partial charge is 0.367 e. The quantitative estimate of drug-likeness (QED) is 0.703. The van der Waals surface area contributed by atoms with E-state index in [1.54, 1.807) is 36.5 Å². The van der Waals surface area contributed by atoms with Gasteiger partial charge in [-0.3, -0.25) is 0 Å². The van der Waals surface area contributed by atoms with E-state index in [9.17, 15) is 8.42 Å². The Hall–Kier alpha value is -2.45. The van der Waals surface area contributed by atoms with Crippen molar-refractivity contribution in [3.8, 4) is 0 Å². The molecule has 2 fully saturated rings. The van der Waals surface area contributed by atoms with E-state index in [0.29, 0.717) is 17.5 Å². The number of benzene rings is 1. The Morgan fingerprint density at radius 1 is 1.07 bits per heavy atom. The van der Waals surface area contributed by atoms with Crippen molar-refractivity contribution in [1.82, 2.24) is 19.3 Å². The molecule has 146 valence electrons. The summed E-state index contributed by atoms with van der Waals surface area (Å²) >= 11 is 0. The first kappa shape index (κ1) is 17.6. The van der Waals surface area contributed by atoms with Gasteiger partial charge in [0.05, 0.1) is 10.3 Å². The Morgan fingerprint density at radius 2 is 1.79 bits per heavy atom. The molecule has 0 spiro atoms. The van der Waals surface area contributed by atoms with Gasteiger partial charge in [0.2, 0.25) is 0 Å². The van der Waals surface area contributed by atoms with Crippen molar-refractivity contribution in [2.45, 2.75) is 30.7 Å². The summed E-state index contributed by atoms with van der Waals surface area (Å²) in [4.78, 5) is 8.91. The molecule has 1 aliphatic heterocycles. The maximum atomic E-state index is 13.1. The number of fused-ring (bicyclic) bond motifs is 2. The molecule has 2 N–H and O–H groups in total. The molecule has 3 aromatic rings. The van der Waals surface area contributed by atoms with E-state index >= 15 is 0 Å². The van der Waals surface area contributed by atoms with Crippen LogP contribution in [0.25, 0.3) is 11.0 Å². The van der Waals surface area contributed by atoms with Crippen LogP contribution in [0.2, 0.25) is 0 Å². The highest BCUT2D eigenvalue weighted by Crippen LogP contribution is 2.36. The van der Waals surface area contributed by atoms with Crippen LogP contribution in [0.4, 0.5) is 5.82 Å². The Morgan fingerprint density at radius 3 is 2.50 bits per heavy atom. The Balaban J connectivity index is 1.48. The van der Waals surface area contributed by atoms with Gasteiger partial charge in [-0.2, -0.15) is 0 Å². The summed E-state index contributed by atoms with van der Waals surface area (Å²) in [5.74, 6) is 2.16. The molecule has 5 rings (SSSR count). The van der Waals surface area contributed by atoms with E-state index in [1.165, 1.54) is 10.3 Å². The number of anilines is 1. The molecule has 1 aromatic carbocycles. The van der Waals surface area contributed by atoms with Crippen LogP contribution < -0.4 is 10.6 Å². The zero-order valence-electron chi connectivity index (χ0n) is 15.7. The fourth-order valence-corrected chi connectivity index (χ4v) is 5.84. The molecule has 8 heteroatoms. The average Bonchev–Trinajstić information content (AvgIpc) is 3.36. The number of aromatic nitrogens is 3. The molecule has 2 aliphatic rings. The van der Waals surface area contributed by atoms with Gasteiger partial charge < -0.3 is 10.6 Å². The van der Waals surface area contributed by atoms with E-state index in [4.69, 9.17) is 0 Å². The van der Waals surface area contributed by atoms with Crippen molar-refractivity contribution in [2.24, 2.45) is 11.8 Å². The molecule has 3 heterocycles. The van der Waals surface area contributed by atoms with E-state index in [1.807, 2.05) is 6.92 Å². The lowest BCUT2D eigenvalue weighted by Crippen LogP contribution is -2.21. The zero-order chi connectivity index (χ0) is 19.3. The van der Waals surface area contributed by atoms with Crippen LogP contribution in [0.3, 0.4) is 0 Å². The van der Waals surface area contributed by atoms with Gasteiger partial charge in [0.25, 0.3) is 10.0 Å². The third kappa shape index (κ3) is 2.87. The van der Waals surface area contributed by atoms with Gasteiger partial charge in [0.1, 0.15) is 12.1 Å². The molecular formula is C20H23N5O2S. The third-order valence-electron chi connectivity index (χ3n) is 6.02. The fraction of sp³-hybridized carbons (Fsp3) is 0.400. The van der Waals surface area contributed by atoms with Crippen LogP contribution in [0.15, 0.2) is 47.8 Å². The van der Waals surface area contributed by atoms with Gasteiger partial charge in [0.15, 0.2) is 5.65 Å². The molecule has 1 saturated heterocycles. The normalized spacial score (nSPS) is 24.5. The molecule has 3 atom stereocenters. The summed E-state index contributed by atoms with van der Waals surface area (Å²) in [6.45, 7) is 4.11. The van der Waals surface area contributed by atoms with Gasteiger partial charge in [-0.25, -0.2) is 22.4 Å². The molecular weight excluding hydrogens is 374 g/mol. The Bertz CT molecular complexity index is 1110. The minimum absolute atomic E-state index is 0.250. The summed E-state index contributed by atoms with van der Waals surface area (Å²) in [5.41, 5.74) is 1.42. The summed E-state index contributed by atoms with van der Waals surface area (Å²) in [6.07, 6.45) is 5.23. The predicted octanol–water partition coefficient (Wildman–Crippen LogP) is 2.39. The second-order valence-electron chi connectivity index (χ2n) is 7.88. The Labute approximate surface area is 164 Å². The van der Waals surface area contributed by atoms with Crippen molar-refractivity contribution in [3.05, 3.63) is 48.4 Å². The number of hydrogen-bond acceptors (Lipinski definition) is 6. The maximum absolute atomic E-state index is 13.1. The molecule has 28 heavy (non-hydrogen) atoms. The van der Waals surface area contributed by atoms with Crippen LogP contribution in [-0.2, 0) is 10.0 Å². The molecule has 2 aromatic heterocycles. The minimum atomic E-state index is -3.71. The third-order valence-corrected chi connectivity index (χ3v) is 7.70. The van der Waals surface area contributed by atoms with Gasteiger partial charge >= 0.3 is 0 Å². The molecule has 0 radical (unpaired) electrons. The highest BCUT2D eigenvalue weighted by atomic mass is 32.2.